The second-order valence-corrected chi connectivity index (χ2v) is 5.24. The third-order valence-electron chi connectivity index (χ3n) is 3.33. The average Bonchev–Trinajstić information content (AvgIpc) is 3.25. The number of carboxylic acids is 1. The summed E-state index contributed by atoms with van der Waals surface area (Å²) in [6, 6.07) is 7.53. The number of carboxylic acid groups (broad SMARTS) is 1. The quantitative estimate of drug-likeness (QED) is 0.925. The number of aromatic carboxylic acids is 1. The van der Waals surface area contributed by atoms with E-state index < -0.39 is 11.8 Å². The summed E-state index contributed by atoms with van der Waals surface area (Å²) in [6.45, 7) is 0. The van der Waals surface area contributed by atoms with E-state index in [1.54, 1.807) is 18.2 Å². The number of hydrogen-bond donors (Lipinski definition) is 1. The van der Waals surface area contributed by atoms with Crippen molar-refractivity contribution in [1.82, 2.24) is 4.98 Å². The molecule has 0 spiro atoms. The predicted molar refractivity (Wildman–Crippen MR) is 73.6 cm³/mol. The van der Waals surface area contributed by atoms with Crippen molar-refractivity contribution in [3.8, 4) is 11.3 Å². The fourth-order valence-corrected chi connectivity index (χ4v) is 2.32. The van der Waals surface area contributed by atoms with Gasteiger partial charge < -0.3 is 5.11 Å². The monoisotopic (exact) mass is 291 g/mol. The molecule has 2 aromatic rings. The van der Waals surface area contributed by atoms with Crippen LogP contribution >= 0.6 is 11.6 Å². The molecule has 102 valence electrons. The lowest BCUT2D eigenvalue weighted by Crippen LogP contribution is -2.04. The first-order valence-electron chi connectivity index (χ1n) is 6.26. The zero-order chi connectivity index (χ0) is 14.3. The zero-order valence-corrected chi connectivity index (χ0v) is 11.2. The van der Waals surface area contributed by atoms with Crippen molar-refractivity contribution in [3.05, 3.63) is 52.4 Å². The van der Waals surface area contributed by atoms with E-state index in [1.165, 1.54) is 12.1 Å². The van der Waals surface area contributed by atoms with Crippen molar-refractivity contribution in [2.45, 2.75) is 18.8 Å². The van der Waals surface area contributed by atoms with E-state index in [9.17, 15) is 14.3 Å². The summed E-state index contributed by atoms with van der Waals surface area (Å²) in [5.41, 5.74) is 2.13. The van der Waals surface area contributed by atoms with Crippen LogP contribution in [-0.2, 0) is 0 Å². The maximum Gasteiger partial charge on any atom is 0.337 e. The van der Waals surface area contributed by atoms with Gasteiger partial charge in [0.05, 0.1) is 22.0 Å². The second-order valence-electron chi connectivity index (χ2n) is 4.84. The number of aromatic nitrogens is 1. The summed E-state index contributed by atoms with van der Waals surface area (Å²) in [6.07, 6.45) is 1.92. The molecule has 1 N–H and O–H groups in total. The Kier molecular flexibility index (Phi) is 3.18. The second kappa shape index (κ2) is 4.87. The number of hydrogen-bond acceptors (Lipinski definition) is 2. The van der Waals surface area contributed by atoms with Gasteiger partial charge in [-0.1, -0.05) is 11.6 Å². The third kappa shape index (κ3) is 2.39. The zero-order valence-electron chi connectivity index (χ0n) is 10.4. The van der Waals surface area contributed by atoms with E-state index in [0.29, 0.717) is 17.0 Å². The minimum atomic E-state index is -0.969. The van der Waals surface area contributed by atoms with Crippen LogP contribution < -0.4 is 0 Å². The molecule has 1 aliphatic carbocycles. The molecular weight excluding hydrogens is 281 g/mol. The van der Waals surface area contributed by atoms with E-state index in [2.05, 4.69) is 4.98 Å². The Morgan fingerprint density at radius 2 is 2.05 bits per heavy atom. The van der Waals surface area contributed by atoms with Gasteiger partial charge in [0.15, 0.2) is 0 Å². The summed E-state index contributed by atoms with van der Waals surface area (Å²) >= 11 is 5.76. The van der Waals surface area contributed by atoms with E-state index in [1.807, 2.05) is 0 Å². The first-order valence-corrected chi connectivity index (χ1v) is 6.63. The topological polar surface area (TPSA) is 50.2 Å². The third-order valence-corrected chi connectivity index (χ3v) is 3.62. The van der Waals surface area contributed by atoms with E-state index >= 15 is 0 Å². The molecule has 0 amide bonds. The van der Waals surface area contributed by atoms with Crippen LogP contribution in [0.3, 0.4) is 0 Å². The van der Waals surface area contributed by atoms with Gasteiger partial charge in [-0.15, -0.1) is 0 Å². The van der Waals surface area contributed by atoms with Gasteiger partial charge in [0.25, 0.3) is 0 Å². The molecule has 1 aliphatic rings. The van der Waals surface area contributed by atoms with Gasteiger partial charge >= 0.3 is 5.97 Å². The van der Waals surface area contributed by atoms with E-state index in [4.69, 9.17) is 11.6 Å². The fraction of sp³-hybridized carbons (Fsp3) is 0.200. The van der Waals surface area contributed by atoms with Gasteiger partial charge in [-0.05, 0) is 43.2 Å². The predicted octanol–water partition coefficient (Wildman–Crippen LogP) is 4.12. The minimum Gasteiger partial charge on any atom is -0.478 e. The van der Waals surface area contributed by atoms with Gasteiger partial charge in [-0.2, -0.15) is 0 Å². The van der Waals surface area contributed by atoms with Gasteiger partial charge in [-0.25, -0.2) is 9.18 Å². The molecule has 0 unspecified atom stereocenters. The van der Waals surface area contributed by atoms with Crippen molar-refractivity contribution in [2.75, 3.05) is 0 Å². The van der Waals surface area contributed by atoms with Crippen LogP contribution in [0.4, 0.5) is 4.39 Å². The number of nitrogens with zero attached hydrogens (tertiary/aromatic N) is 1. The molecule has 0 radical (unpaired) electrons. The van der Waals surface area contributed by atoms with Gasteiger partial charge in [0, 0.05) is 11.5 Å². The standard InChI is InChI=1S/C15H11ClFNO2/c16-11-7-9(3-5-12(11)17)13-6-4-10(15(19)20)14(18-13)8-1-2-8/h3-8H,1-2H2,(H,19,20). The Balaban J connectivity index is 2.08. The van der Waals surface area contributed by atoms with Crippen LogP contribution in [0.25, 0.3) is 11.3 Å². The number of rotatable bonds is 3. The van der Waals surface area contributed by atoms with Crippen LogP contribution in [0, 0.1) is 5.82 Å². The fourth-order valence-electron chi connectivity index (χ4n) is 2.14. The molecule has 20 heavy (non-hydrogen) atoms. The highest BCUT2D eigenvalue weighted by Crippen LogP contribution is 2.41. The lowest BCUT2D eigenvalue weighted by atomic mass is 10.1. The van der Waals surface area contributed by atoms with Crippen molar-refractivity contribution in [3.63, 3.8) is 0 Å². The Labute approximate surface area is 120 Å². The Morgan fingerprint density at radius 3 is 2.65 bits per heavy atom. The smallest absolute Gasteiger partial charge is 0.337 e. The molecule has 0 aliphatic heterocycles. The molecule has 0 bridgehead atoms. The van der Waals surface area contributed by atoms with Gasteiger partial charge in [-0.3, -0.25) is 4.98 Å². The van der Waals surface area contributed by atoms with Crippen molar-refractivity contribution >= 4 is 17.6 Å². The van der Waals surface area contributed by atoms with Crippen molar-refractivity contribution in [2.24, 2.45) is 0 Å². The molecule has 1 fully saturated rings. The highest BCUT2D eigenvalue weighted by Gasteiger charge is 2.30. The Morgan fingerprint density at radius 1 is 1.30 bits per heavy atom. The summed E-state index contributed by atoms with van der Waals surface area (Å²) < 4.78 is 13.2. The van der Waals surface area contributed by atoms with Gasteiger partial charge in [0.2, 0.25) is 0 Å². The highest BCUT2D eigenvalue weighted by molar-refractivity contribution is 6.31. The Bertz CT molecular complexity index is 698. The van der Waals surface area contributed by atoms with Crippen LogP contribution in [0.1, 0.15) is 34.8 Å². The van der Waals surface area contributed by atoms with E-state index in [0.717, 1.165) is 12.8 Å². The van der Waals surface area contributed by atoms with Crippen LogP contribution in [0.5, 0.6) is 0 Å². The maximum absolute atomic E-state index is 13.2. The first-order chi connectivity index (χ1) is 9.56. The lowest BCUT2D eigenvalue weighted by Gasteiger charge is -2.08. The molecule has 5 heteroatoms. The van der Waals surface area contributed by atoms with Crippen molar-refractivity contribution < 1.29 is 14.3 Å². The largest absolute Gasteiger partial charge is 0.478 e. The van der Waals surface area contributed by atoms with Crippen molar-refractivity contribution in [1.29, 1.82) is 0 Å². The molecule has 1 aromatic heterocycles. The molecule has 3 rings (SSSR count). The number of halogens is 2. The molecule has 1 heterocycles. The molecule has 0 atom stereocenters. The first kappa shape index (κ1) is 13.1. The number of benzene rings is 1. The van der Waals surface area contributed by atoms with Crippen LogP contribution in [0.15, 0.2) is 30.3 Å². The normalized spacial score (nSPS) is 14.3. The summed E-state index contributed by atoms with van der Waals surface area (Å²) in [5, 5.41) is 9.20. The molecule has 0 saturated heterocycles. The molecular formula is C15H11ClFNO2. The number of carbonyl (C=O) groups is 1. The SMILES string of the molecule is O=C(O)c1ccc(-c2ccc(F)c(Cl)c2)nc1C1CC1. The molecule has 3 nitrogen and oxygen atoms in total. The Hall–Kier alpha value is -1.94. The van der Waals surface area contributed by atoms with Crippen LogP contribution in [0.2, 0.25) is 5.02 Å². The van der Waals surface area contributed by atoms with Gasteiger partial charge in [0.1, 0.15) is 5.82 Å². The maximum atomic E-state index is 13.2. The highest BCUT2D eigenvalue weighted by atomic mass is 35.5. The average molecular weight is 292 g/mol. The number of pyridine rings is 1. The molecule has 1 aromatic carbocycles. The summed E-state index contributed by atoms with van der Waals surface area (Å²) in [5.74, 6) is -1.24. The molecule has 1 saturated carbocycles. The minimum absolute atomic E-state index is 0.0274. The van der Waals surface area contributed by atoms with Crippen LogP contribution in [-0.4, -0.2) is 16.1 Å². The summed E-state index contributed by atoms with van der Waals surface area (Å²) in [7, 11) is 0. The van der Waals surface area contributed by atoms with E-state index in [-0.39, 0.29) is 16.5 Å². The summed E-state index contributed by atoms with van der Waals surface area (Å²) in [4.78, 5) is 15.6. The lowest BCUT2D eigenvalue weighted by molar-refractivity contribution is 0.0695.